The summed E-state index contributed by atoms with van der Waals surface area (Å²) >= 11 is 0.669. The van der Waals surface area contributed by atoms with Crippen LogP contribution in [0.5, 0.6) is 0 Å². The van der Waals surface area contributed by atoms with E-state index in [0.717, 1.165) is 36.4 Å². The molecular weight excluding hydrogens is 428 g/mol. The van der Waals surface area contributed by atoms with Gasteiger partial charge in [-0.15, -0.1) is 11.3 Å². The van der Waals surface area contributed by atoms with Crippen molar-refractivity contribution in [2.24, 2.45) is 0 Å². The molecule has 0 amide bonds. The molecule has 0 radical (unpaired) electrons. The largest absolute Gasteiger partial charge is 0.289 e. The van der Waals surface area contributed by atoms with E-state index in [9.17, 15) is 39.4 Å². The molecule has 0 saturated heterocycles. The van der Waals surface area contributed by atoms with Crippen LogP contribution in [0.4, 0.5) is 11.4 Å². The van der Waals surface area contributed by atoms with Gasteiger partial charge in [-0.2, -0.15) is 0 Å². The summed E-state index contributed by atoms with van der Waals surface area (Å²) in [5.74, 6) is 0. The zero-order valence-corrected chi connectivity index (χ0v) is 15.8. The molecule has 150 valence electrons. The molecule has 0 aliphatic carbocycles. The first-order chi connectivity index (χ1) is 14.7. The van der Waals surface area contributed by atoms with Gasteiger partial charge in [0.2, 0.25) is 10.9 Å². The van der Waals surface area contributed by atoms with Gasteiger partial charge in [0.05, 0.1) is 30.0 Å². The van der Waals surface area contributed by atoms with Crippen LogP contribution in [0.1, 0.15) is 0 Å². The number of hydrogen-bond donors (Lipinski definition) is 0. The monoisotopic (exact) mass is 434 g/mol. The second-order valence-electron chi connectivity index (χ2n) is 6.80. The van der Waals surface area contributed by atoms with E-state index >= 15 is 0 Å². The fourth-order valence-electron chi connectivity index (χ4n) is 3.76. The van der Waals surface area contributed by atoms with Crippen molar-refractivity contribution in [3.63, 3.8) is 0 Å². The second kappa shape index (κ2) is 6.06. The zero-order chi connectivity index (χ0) is 22.2. The predicted molar refractivity (Wildman–Crippen MR) is 115 cm³/mol. The Labute approximate surface area is 172 Å². The van der Waals surface area contributed by atoms with E-state index < -0.39 is 37.2 Å². The van der Waals surface area contributed by atoms with Gasteiger partial charge in [0.15, 0.2) is 10.9 Å². The Hall–Kier alpha value is -4.38. The van der Waals surface area contributed by atoms with Crippen LogP contribution in [-0.2, 0) is 0 Å². The third-order valence-electron chi connectivity index (χ3n) is 5.18. The van der Waals surface area contributed by atoms with E-state index in [1.165, 1.54) is 0 Å². The summed E-state index contributed by atoms with van der Waals surface area (Å²) in [6.07, 6.45) is 0. The number of rotatable bonds is 2. The van der Waals surface area contributed by atoms with Crippen LogP contribution < -0.4 is 21.7 Å². The lowest BCUT2D eigenvalue weighted by molar-refractivity contribution is -0.384. The summed E-state index contributed by atoms with van der Waals surface area (Å²) in [5.41, 5.74) is -3.59. The van der Waals surface area contributed by atoms with Gasteiger partial charge in [-0.05, 0) is 12.1 Å². The summed E-state index contributed by atoms with van der Waals surface area (Å²) in [5, 5.41) is 21.0. The van der Waals surface area contributed by atoms with Gasteiger partial charge < -0.3 is 0 Å². The first-order valence-corrected chi connectivity index (χ1v) is 9.44. The highest BCUT2D eigenvalue weighted by Crippen LogP contribution is 2.30. The Morgan fingerprint density at radius 3 is 1.45 bits per heavy atom. The van der Waals surface area contributed by atoms with Crippen molar-refractivity contribution >= 4 is 64.4 Å². The molecule has 0 aliphatic rings. The zero-order valence-electron chi connectivity index (χ0n) is 15.0. The van der Waals surface area contributed by atoms with Crippen molar-refractivity contribution in [2.75, 3.05) is 0 Å². The lowest BCUT2D eigenvalue weighted by atomic mass is 10.0. The maximum Gasteiger partial charge on any atom is 0.270 e. The number of nitrogens with zero attached hydrogens (tertiary/aromatic N) is 2. The molecule has 1 aromatic heterocycles. The van der Waals surface area contributed by atoms with Crippen molar-refractivity contribution in [1.82, 2.24) is 0 Å². The van der Waals surface area contributed by atoms with Crippen LogP contribution in [0.2, 0.25) is 0 Å². The van der Waals surface area contributed by atoms with E-state index in [-0.39, 0.29) is 47.4 Å². The lowest BCUT2D eigenvalue weighted by Crippen LogP contribution is -2.15. The smallest absolute Gasteiger partial charge is 0.270 e. The Bertz CT molecular complexity index is 1880. The maximum absolute atomic E-state index is 13.1. The number of benzene rings is 4. The summed E-state index contributed by atoms with van der Waals surface area (Å²) in [6.45, 7) is 0. The normalized spacial score (nSPS) is 11.6. The van der Waals surface area contributed by atoms with Crippen LogP contribution in [0, 0.1) is 20.2 Å². The molecule has 10 nitrogen and oxygen atoms in total. The topological polar surface area (TPSA) is 155 Å². The molecule has 5 rings (SSSR count). The second-order valence-corrected chi connectivity index (χ2v) is 7.82. The van der Waals surface area contributed by atoms with E-state index in [2.05, 4.69) is 0 Å². The quantitative estimate of drug-likeness (QED) is 0.303. The fraction of sp³-hybridized carbons (Fsp3) is 0. The van der Waals surface area contributed by atoms with Crippen LogP contribution in [-0.4, -0.2) is 9.85 Å². The number of nitro benzene ring substituents is 2. The van der Waals surface area contributed by atoms with Gasteiger partial charge in [-0.3, -0.25) is 39.4 Å². The highest BCUT2D eigenvalue weighted by molar-refractivity contribution is 7.25. The van der Waals surface area contributed by atoms with E-state index in [0.29, 0.717) is 11.3 Å². The van der Waals surface area contributed by atoms with E-state index in [1.807, 2.05) is 0 Å². The number of hydrogen-bond acceptors (Lipinski definition) is 9. The minimum Gasteiger partial charge on any atom is -0.289 e. The maximum atomic E-state index is 13.1. The molecule has 5 aromatic rings. The minimum absolute atomic E-state index is 0.0604. The fourth-order valence-corrected chi connectivity index (χ4v) is 4.96. The minimum atomic E-state index is -0.766. The van der Waals surface area contributed by atoms with Crippen LogP contribution in [0.15, 0.2) is 55.6 Å². The average molecular weight is 434 g/mol. The first-order valence-electron chi connectivity index (χ1n) is 8.63. The van der Waals surface area contributed by atoms with Gasteiger partial charge in [-0.25, -0.2) is 0 Å². The molecule has 11 heteroatoms. The number of fused-ring (bicyclic) bond motifs is 5. The Balaban J connectivity index is 2.08. The molecule has 0 N–H and O–H groups in total. The van der Waals surface area contributed by atoms with Crippen LogP contribution >= 0.6 is 11.3 Å². The van der Waals surface area contributed by atoms with Crippen molar-refractivity contribution in [2.45, 2.75) is 0 Å². The molecule has 0 atom stereocenters. The van der Waals surface area contributed by atoms with E-state index in [1.54, 1.807) is 0 Å². The predicted octanol–water partition coefficient (Wildman–Crippen LogP) is 2.49. The van der Waals surface area contributed by atoms with Crippen molar-refractivity contribution in [3.05, 3.63) is 97.5 Å². The van der Waals surface area contributed by atoms with Gasteiger partial charge >= 0.3 is 0 Å². The molecule has 0 aliphatic heterocycles. The molecule has 0 bridgehead atoms. The Morgan fingerprint density at radius 1 is 0.581 bits per heavy atom. The lowest BCUT2D eigenvalue weighted by Gasteiger charge is -1.99. The van der Waals surface area contributed by atoms with Gasteiger partial charge in [-0.1, -0.05) is 0 Å². The standard InChI is InChI=1S/C20H6N2O8S/c23-15-9-3-1-8(22(29)30)6-12(9)18(26)20-13(15)14-16(24)11-5-7(21(27)28)2-4-10(11)17(25)19(14)31-20/h1-6H. The van der Waals surface area contributed by atoms with E-state index in [4.69, 9.17) is 0 Å². The molecule has 0 unspecified atom stereocenters. The molecule has 4 aromatic carbocycles. The van der Waals surface area contributed by atoms with Crippen LogP contribution in [0.25, 0.3) is 41.7 Å². The average Bonchev–Trinajstić information content (AvgIpc) is 3.16. The summed E-state index contributed by atoms with van der Waals surface area (Å²) in [7, 11) is 0. The molecule has 0 saturated carbocycles. The molecule has 1 heterocycles. The third kappa shape index (κ3) is 2.37. The SMILES string of the molecule is O=c1c2cc([N+](=O)[O-])ccc2c(=O)c2c1sc1c(=O)c3ccc([N+](=O)[O-])cc3c(=O)c12. The molecule has 0 fully saturated rings. The highest BCUT2D eigenvalue weighted by Gasteiger charge is 2.23. The Kier molecular flexibility index (Phi) is 3.64. The molecular formula is C20H6N2O8S. The summed E-state index contributed by atoms with van der Waals surface area (Å²) in [4.78, 5) is 72.9. The molecule has 0 spiro atoms. The number of nitro groups is 2. The van der Waals surface area contributed by atoms with Gasteiger partial charge in [0.1, 0.15) is 0 Å². The highest BCUT2D eigenvalue weighted by atomic mass is 32.1. The van der Waals surface area contributed by atoms with Gasteiger partial charge in [0, 0.05) is 45.8 Å². The van der Waals surface area contributed by atoms with Crippen molar-refractivity contribution < 1.29 is 9.85 Å². The van der Waals surface area contributed by atoms with Crippen molar-refractivity contribution in [3.8, 4) is 0 Å². The van der Waals surface area contributed by atoms with Gasteiger partial charge in [0.25, 0.3) is 11.4 Å². The third-order valence-corrected chi connectivity index (χ3v) is 6.37. The number of non-ortho nitro benzene ring substituents is 2. The number of thiophene rings is 1. The molecule has 31 heavy (non-hydrogen) atoms. The summed E-state index contributed by atoms with van der Waals surface area (Å²) < 4.78 is -0.271. The Morgan fingerprint density at radius 2 is 0.968 bits per heavy atom. The summed E-state index contributed by atoms with van der Waals surface area (Å²) in [6, 6.07) is 6.41. The first kappa shape index (κ1) is 18.6. The van der Waals surface area contributed by atoms with Crippen LogP contribution in [0.3, 0.4) is 0 Å². The van der Waals surface area contributed by atoms with Crippen molar-refractivity contribution in [1.29, 1.82) is 0 Å².